The first kappa shape index (κ1) is 17.7. The molecule has 2 N–H and O–H groups in total. The van der Waals surface area contributed by atoms with E-state index in [1.807, 2.05) is 0 Å². The fraction of sp³-hybridized carbons (Fsp3) is 0.278. The smallest absolute Gasteiger partial charge is 0.412 e. The Morgan fingerprint density at radius 1 is 1.38 bits per heavy atom. The van der Waals surface area contributed by atoms with E-state index >= 15 is 0 Å². The molecule has 2 aromatic rings. The van der Waals surface area contributed by atoms with Crippen molar-refractivity contribution >= 4 is 23.5 Å². The maximum Gasteiger partial charge on any atom is 0.412 e. The first-order chi connectivity index (χ1) is 12.3. The summed E-state index contributed by atoms with van der Waals surface area (Å²) in [6, 6.07) is 7.20. The first-order valence-corrected chi connectivity index (χ1v) is 8.06. The Morgan fingerprint density at radius 2 is 2.08 bits per heavy atom. The lowest BCUT2D eigenvalue weighted by atomic mass is 10.0. The van der Waals surface area contributed by atoms with Gasteiger partial charge in [-0.05, 0) is 30.7 Å². The second-order valence-corrected chi connectivity index (χ2v) is 6.12. The first-order valence-electron chi connectivity index (χ1n) is 8.06. The SMILES string of the molecule is CC(=O)Nc1nc2c(cc1Cc1ccc(F)cc1)N(C(=O)O)[C@@H](C)CO2. The molecule has 26 heavy (non-hydrogen) atoms. The number of rotatable bonds is 3. The third-order valence-corrected chi connectivity index (χ3v) is 4.02. The van der Waals surface area contributed by atoms with E-state index in [1.54, 1.807) is 25.1 Å². The number of aromatic nitrogens is 1. The Hall–Kier alpha value is -3.16. The van der Waals surface area contributed by atoms with Crippen molar-refractivity contribution in [3.63, 3.8) is 0 Å². The lowest BCUT2D eigenvalue weighted by Crippen LogP contribution is -2.44. The summed E-state index contributed by atoms with van der Waals surface area (Å²) in [5, 5.41) is 12.2. The summed E-state index contributed by atoms with van der Waals surface area (Å²) in [7, 11) is 0. The molecule has 2 heterocycles. The van der Waals surface area contributed by atoms with E-state index < -0.39 is 6.09 Å². The Balaban J connectivity index is 2.06. The van der Waals surface area contributed by atoms with Gasteiger partial charge in [-0.3, -0.25) is 9.69 Å². The molecule has 3 rings (SSSR count). The molecule has 0 unspecified atom stereocenters. The van der Waals surface area contributed by atoms with Crippen LogP contribution in [0.25, 0.3) is 0 Å². The van der Waals surface area contributed by atoms with Gasteiger partial charge in [-0.25, -0.2) is 9.18 Å². The molecule has 0 bridgehead atoms. The highest BCUT2D eigenvalue weighted by Crippen LogP contribution is 2.36. The number of ether oxygens (including phenoxy) is 1. The molecular formula is C18H18FN3O4. The molecule has 136 valence electrons. The van der Waals surface area contributed by atoms with Gasteiger partial charge in [0.05, 0.1) is 6.04 Å². The molecule has 1 aliphatic heterocycles. The van der Waals surface area contributed by atoms with Crippen LogP contribution in [0.4, 0.5) is 20.7 Å². The number of amides is 2. The zero-order valence-electron chi connectivity index (χ0n) is 14.3. The standard InChI is InChI=1S/C18H18FN3O4/c1-10-9-26-17-15(22(10)18(24)25)8-13(16(21-17)20-11(2)23)7-12-3-5-14(19)6-4-12/h3-6,8,10H,7,9H2,1-2H3,(H,24,25)(H,20,21,23)/t10-/m0/s1. The van der Waals surface area contributed by atoms with E-state index in [0.717, 1.165) is 5.56 Å². The average Bonchev–Trinajstić information content (AvgIpc) is 2.56. The number of pyridine rings is 1. The summed E-state index contributed by atoms with van der Waals surface area (Å²) < 4.78 is 18.7. The lowest BCUT2D eigenvalue weighted by molar-refractivity contribution is -0.114. The summed E-state index contributed by atoms with van der Waals surface area (Å²) in [6.45, 7) is 3.26. The quantitative estimate of drug-likeness (QED) is 0.879. The van der Waals surface area contributed by atoms with Crippen LogP contribution in [0.3, 0.4) is 0 Å². The van der Waals surface area contributed by atoms with Gasteiger partial charge >= 0.3 is 6.09 Å². The molecule has 1 aliphatic rings. The van der Waals surface area contributed by atoms with Gasteiger partial charge in [-0.2, -0.15) is 4.98 Å². The number of nitrogens with zero attached hydrogens (tertiary/aromatic N) is 2. The van der Waals surface area contributed by atoms with Crippen molar-refractivity contribution < 1.29 is 23.8 Å². The van der Waals surface area contributed by atoms with Crippen molar-refractivity contribution in [3.8, 4) is 5.88 Å². The van der Waals surface area contributed by atoms with Crippen molar-refractivity contribution in [1.82, 2.24) is 4.98 Å². The van der Waals surface area contributed by atoms with Gasteiger partial charge in [0, 0.05) is 18.9 Å². The van der Waals surface area contributed by atoms with Crippen molar-refractivity contribution in [2.45, 2.75) is 26.3 Å². The maximum absolute atomic E-state index is 13.1. The summed E-state index contributed by atoms with van der Waals surface area (Å²) in [6.07, 6.45) is -0.762. The Morgan fingerprint density at radius 3 is 2.69 bits per heavy atom. The summed E-state index contributed by atoms with van der Waals surface area (Å²) in [4.78, 5) is 28.6. The van der Waals surface area contributed by atoms with Gasteiger partial charge in [0.15, 0.2) is 0 Å². The van der Waals surface area contributed by atoms with E-state index in [0.29, 0.717) is 23.5 Å². The topological polar surface area (TPSA) is 91.8 Å². The van der Waals surface area contributed by atoms with Crippen LogP contribution in [0, 0.1) is 5.82 Å². The summed E-state index contributed by atoms with van der Waals surface area (Å²) in [5.41, 5.74) is 1.73. The fourth-order valence-electron chi connectivity index (χ4n) is 2.84. The minimum atomic E-state index is -1.11. The number of anilines is 2. The third-order valence-electron chi connectivity index (χ3n) is 4.02. The number of carbonyl (C=O) groups is 2. The van der Waals surface area contributed by atoms with E-state index in [2.05, 4.69) is 10.3 Å². The molecule has 2 amide bonds. The molecule has 7 nitrogen and oxygen atoms in total. The Labute approximate surface area is 149 Å². The number of benzene rings is 1. The predicted molar refractivity (Wildman–Crippen MR) is 93.2 cm³/mol. The van der Waals surface area contributed by atoms with Crippen molar-refractivity contribution in [2.24, 2.45) is 0 Å². The Kier molecular flexibility index (Phi) is 4.75. The van der Waals surface area contributed by atoms with E-state index in [-0.39, 0.29) is 30.3 Å². The predicted octanol–water partition coefficient (Wildman–Crippen LogP) is 3.04. The normalized spacial score (nSPS) is 15.8. The van der Waals surface area contributed by atoms with Gasteiger partial charge < -0.3 is 15.2 Å². The molecule has 0 saturated carbocycles. The summed E-state index contributed by atoms with van der Waals surface area (Å²) in [5.74, 6) is -0.215. The molecule has 1 aromatic carbocycles. The van der Waals surface area contributed by atoms with Gasteiger partial charge in [-0.1, -0.05) is 12.1 Å². The number of hydrogen-bond donors (Lipinski definition) is 2. The molecule has 1 aromatic heterocycles. The van der Waals surface area contributed by atoms with Crippen LogP contribution >= 0.6 is 0 Å². The van der Waals surface area contributed by atoms with Crippen LogP contribution in [-0.4, -0.2) is 34.7 Å². The minimum absolute atomic E-state index is 0.150. The number of carboxylic acid groups (broad SMARTS) is 1. The number of nitrogens with one attached hydrogen (secondary N) is 1. The highest BCUT2D eigenvalue weighted by Gasteiger charge is 2.31. The molecule has 0 spiro atoms. The largest absolute Gasteiger partial charge is 0.474 e. The van der Waals surface area contributed by atoms with Crippen molar-refractivity contribution in [1.29, 1.82) is 0 Å². The average molecular weight is 359 g/mol. The van der Waals surface area contributed by atoms with Crippen LogP contribution in [0.2, 0.25) is 0 Å². The van der Waals surface area contributed by atoms with Crippen molar-refractivity contribution in [3.05, 3.63) is 47.3 Å². The molecule has 0 radical (unpaired) electrons. The van der Waals surface area contributed by atoms with Gasteiger partial charge in [0.1, 0.15) is 23.9 Å². The molecule has 8 heteroatoms. The zero-order valence-corrected chi connectivity index (χ0v) is 14.3. The second-order valence-electron chi connectivity index (χ2n) is 6.12. The van der Waals surface area contributed by atoms with Crippen LogP contribution in [-0.2, 0) is 11.2 Å². The van der Waals surface area contributed by atoms with E-state index in [1.165, 1.54) is 24.0 Å². The monoisotopic (exact) mass is 359 g/mol. The van der Waals surface area contributed by atoms with Crippen LogP contribution in [0.1, 0.15) is 25.0 Å². The third kappa shape index (κ3) is 3.58. The van der Waals surface area contributed by atoms with Crippen molar-refractivity contribution in [2.75, 3.05) is 16.8 Å². The number of carbonyl (C=O) groups excluding carboxylic acids is 1. The number of hydrogen-bond acceptors (Lipinski definition) is 4. The summed E-state index contributed by atoms with van der Waals surface area (Å²) >= 11 is 0. The van der Waals surface area contributed by atoms with Gasteiger partial charge in [-0.15, -0.1) is 0 Å². The molecule has 0 aliphatic carbocycles. The molecule has 0 saturated heterocycles. The van der Waals surface area contributed by atoms with Crippen LogP contribution < -0.4 is 15.0 Å². The molecule has 1 atom stereocenters. The van der Waals surface area contributed by atoms with Crippen LogP contribution in [0.15, 0.2) is 30.3 Å². The fourth-order valence-corrected chi connectivity index (χ4v) is 2.84. The number of halogens is 1. The molecule has 0 fully saturated rings. The van der Waals surface area contributed by atoms with E-state index in [4.69, 9.17) is 4.74 Å². The van der Waals surface area contributed by atoms with Gasteiger partial charge in [0.25, 0.3) is 0 Å². The maximum atomic E-state index is 13.1. The Bertz CT molecular complexity index is 854. The highest BCUT2D eigenvalue weighted by molar-refractivity contribution is 5.92. The van der Waals surface area contributed by atoms with Gasteiger partial charge in [0.2, 0.25) is 11.8 Å². The highest BCUT2D eigenvalue weighted by atomic mass is 19.1. The van der Waals surface area contributed by atoms with E-state index in [9.17, 15) is 19.1 Å². The van der Waals surface area contributed by atoms with Crippen LogP contribution in [0.5, 0.6) is 5.88 Å². The second kappa shape index (κ2) is 6.99. The number of fused-ring (bicyclic) bond motifs is 1. The zero-order chi connectivity index (χ0) is 18.8. The lowest BCUT2D eigenvalue weighted by Gasteiger charge is -2.32. The molecular weight excluding hydrogens is 341 g/mol. The minimum Gasteiger partial charge on any atom is -0.474 e.